The second-order valence-corrected chi connectivity index (χ2v) is 10.3. The van der Waals surface area contributed by atoms with Gasteiger partial charge in [-0.2, -0.15) is 4.31 Å². The Hall–Kier alpha value is -2.51. The third-order valence-corrected chi connectivity index (χ3v) is 7.55. The van der Waals surface area contributed by atoms with Crippen molar-refractivity contribution in [2.75, 3.05) is 38.2 Å². The van der Waals surface area contributed by atoms with Gasteiger partial charge in [0.2, 0.25) is 20.0 Å². The summed E-state index contributed by atoms with van der Waals surface area (Å²) in [5.41, 5.74) is 0.721. The molecule has 1 saturated heterocycles. The highest BCUT2D eigenvalue weighted by Gasteiger charge is 2.26. The number of carbonyl (C=O) groups is 1. The highest BCUT2D eigenvalue weighted by atomic mass is 32.2. The van der Waals surface area contributed by atoms with E-state index in [4.69, 9.17) is 14.6 Å². The standard InChI is InChI=1S/C19H23N3O7S2/c1-14-2-3-15(12-18(14)30(20,24)25)21-19(23)13-29-16-4-6-17(7-5-16)31(26,27)22-8-10-28-11-9-22/h2-7,12H,8-11,13H2,1H3,(H,21,23)(H2,20,24,25). The molecule has 10 nitrogen and oxygen atoms in total. The number of carbonyl (C=O) groups excluding carboxylic acids is 1. The Labute approximate surface area is 181 Å². The number of nitrogens with one attached hydrogen (secondary N) is 1. The van der Waals surface area contributed by atoms with Gasteiger partial charge in [0.05, 0.1) is 23.0 Å². The van der Waals surface area contributed by atoms with Crippen LogP contribution in [0, 0.1) is 6.92 Å². The van der Waals surface area contributed by atoms with Crippen LogP contribution >= 0.6 is 0 Å². The predicted molar refractivity (Wildman–Crippen MR) is 113 cm³/mol. The van der Waals surface area contributed by atoms with Crippen LogP contribution in [0.5, 0.6) is 5.75 Å². The van der Waals surface area contributed by atoms with Gasteiger partial charge < -0.3 is 14.8 Å². The average Bonchev–Trinajstić information content (AvgIpc) is 2.74. The fourth-order valence-corrected chi connectivity index (χ4v) is 5.19. The number of morpholine rings is 1. The number of hydrogen-bond donors (Lipinski definition) is 2. The van der Waals surface area contributed by atoms with E-state index in [0.29, 0.717) is 37.6 Å². The highest BCUT2D eigenvalue weighted by molar-refractivity contribution is 7.89. The van der Waals surface area contributed by atoms with Crippen LogP contribution < -0.4 is 15.2 Å². The van der Waals surface area contributed by atoms with Gasteiger partial charge in [-0.1, -0.05) is 6.07 Å². The molecule has 3 N–H and O–H groups in total. The maximum Gasteiger partial charge on any atom is 0.262 e. The molecule has 1 fully saturated rings. The first-order valence-electron chi connectivity index (χ1n) is 9.31. The van der Waals surface area contributed by atoms with Crippen molar-refractivity contribution in [1.29, 1.82) is 0 Å². The van der Waals surface area contributed by atoms with Gasteiger partial charge in [-0.05, 0) is 48.9 Å². The van der Waals surface area contributed by atoms with E-state index < -0.39 is 26.0 Å². The monoisotopic (exact) mass is 469 g/mol. The highest BCUT2D eigenvalue weighted by Crippen LogP contribution is 2.21. The maximum absolute atomic E-state index is 12.6. The smallest absolute Gasteiger partial charge is 0.262 e. The normalized spacial score (nSPS) is 15.4. The summed E-state index contributed by atoms with van der Waals surface area (Å²) in [5, 5.41) is 7.70. The molecule has 0 radical (unpaired) electrons. The third kappa shape index (κ3) is 5.80. The zero-order chi connectivity index (χ0) is 22.6. The van der Waals surface area contributed by atoms with Gasteiger partial charge in [0.1, 0.15) is 5.75 Å². The molecular formula is C19H23N3O7S2. The predicted octanol–water partition coefficient (Wildman–Crippen LogP) is 0.681. The lowest BCUT2D eigenvalue weighted by molar-refractivity contribution is -0.118. The van der Waals surface area contributed by atoms with Gasteiger partial charge in [-0.15, -0.1) is 0 Å². The number of ether oxygens (including phenoxy) is 2. The number of amides is 1. The Morgan fingerprint density at radius 1 is 1.10 bits per heavy atom. The minimum absolute atomic E-state index is 0.0803. The number of primary sulfonamides is 1. The zero-order valence-electron chi connectivity index (χ0n) is 16.8. The quantitative estimate of drug-likeness (QED) is 0.606. The molecule has 3 rings (SSSR count). The van der Waals surface area contributed by atoms with E-state index in [0.717, 1.165) is 0 Å². The Kier molecular flexibility index (Phi) is 6.96. The molecule has 0 saturated carbocycles. The Balaban J connectivity index is 1.60. The van der Waals surface area contributed by atoms with E-state index in [1.807, 2.05) is 0 Å². The van der Waals surface area contributed by atoms with Crippen LogP contribution in [0.25, 0.3) is 0 Å². The summed E-state index contributed by atoms with van der Waals surface area (Å²) in [5.74, 6) is -0.209. The molecular weight excluding hydrogens is 446 g/mol. The van der Waals surface area contributed by atoms with Crippen LogP contribution in [0.3, 0.4) is 0 Å². The molecule has 1 amide bonds. The molecule has 1 aliphatic heterocycles. The van der Waals surface area contributed by atoms with E-state index in [1.54, 1.807) is 13.0 Å². The summed E-state index contributed by atoms with van der Waals surface area (Å²) in [6.07, 6.45) is 0. The van der Waals surface area contributed by atoms with Crippen LogP contribution in [0.15, 0.2) is 52.3 Å². The van der Waals surface area contributed by atoms with E-state index in [2.05, 4.69) is 5.32 Å². The van der Waals surface area contributed by atoms with E-state index in [-0.39, 0.29) is 22.1 Å². The number of nitrogens with zero attached hydrogens (tertiary/aromatic N) is 1. The fourth-order valence-electron chi connectivity index (χ4n) is 2.97. The largest absolute Gasteiger partial charge is 0.484 e. The SMILES string of the molecule is Cc1ccc(NC(=O)COc2ccc(S(=O)(=O)N3CCOCC3)cc2)cc1S(N)(=O)=O. The number of nitrogens with two attached hydrogens (primary N) is 1. The second-order valence-electron chi connectivity index (χ2n) is 6.85. The van der Waals surface area contributed by atoms with Crippen molar-refractivity contribution in [2.24, 2.45) is 5.14 Å². The molecule has 12 heteroatoms. The van der Waals surface area contributed by atoms with Gasteiger partial charge in [0, 0.05) is 18.8 Å². The van der Waals surface area contributed by atoms with Gasteiger partial charge in [0.25, 0.3) is 5.91 Å². The molecule has 2 aromatic carbocycles. The topological polar surface area (TPSA) is 145 Å². The lowest BCUT2D eigenvalue weighted by atomic mass is 10.2. The summed E-state index contributed by atoms with van der Waals surface area (Å²) in [4.78, 5) is 12.2. The van der Waals surface area contributed by atoms with Crippen molar-refractivity contribution in [2.45, 2.75) is 16.7 Å². The molecule has 0 aliphatic carbocycles. The summed E-state index contributed by atoms with van der Waals surface area (Å²) in [6.45, 7) is 2.55. The van der Waals surface area contributed by atoms with Crippen LogP contribution in [0.1, 0.15) is 5.56 Å². The Morgan fingerprint density at radius 3 is 2.35 bits per heavy atom. The minimum Gasteiger partial charge on any atom is -0.484 e. The number of aryl methyl sites for hydroxylation is 1. The van der Waals surface area contributed by atoms with Crippen molar-refractivity contribution in [3.05, 3.63) is 48.0 Å². The summed E-state index contributed by atoms with van der Waals surface area (Å²) in [6, 6.07) is 10.1. The molecule has 2 aromatic rings. The van der Waals surface area contributed by atoms with Gasteiger partial charge >= 0.3 is 0 Å². The first-order chi connectivity index (χ1) is 14.6. The molecule has 31 heavy (non-hydrogen) atoms. The van der Waals surface area contributed by atoms with Gasteiger partial charge in [-0.25, -0.2) is 22.0 Å². The summed E-state index contributed by atoms with van der Waals surface area (Å²) in [7, 11) is -7.52. The molecule has 0 bridgehead atoms. The molecule has 1 heterocycles. The molecule has 0 unspecified atom stereocenters. The van der Waals surface area contributed by atoms with Crippen molar-refractivity contribution in [1.82, 2.24) is 4.31 Å². The van der Waals surface area contributed by atoms with Gasteiger partial charge in [-0.3, -0.25) is 4.79 Å². The number of sulfonamides is 2. The zero-order valence-corrected chi connectivity index (χ0v) is 18.4. The van der Waals surface area contributed by atoms with E-state index in [9.17, 15) is 21.6 Å². The first-order valence-corrected chi connectivity index (χ1v) is 12.3. The van der Waals surface area contributed by atoms with Crippen LogP contribution in [-0.4, -0.2) is 60.0 Å². The van der Waals surface area contributed by atoms with Crippen LogP contribution in [0.2, 0.25) is 0 Å². The number of benzene rings is 2. The lowest BCUT2D eigenvalue weighted by Crippen LogP contribution is -2.40. The molecule has 0 spiro atoms. The van der Waals surface area contributed by atoms with Crippen molar-refractivity contribution in [3.8, 4) is 5.75 Å². The Bertz CT molecular complexity index is 1160. The van der Waals surface area contributed by atoms with Crippen molar-refractivity contribution >= 4 is 31.6 Å². The second kappa shape index (κ2) is 9.32. The minimum atomic E-state index is -3.91. The third-order valence-electron chi connectivity index (χ3n) is 4.58. The first kappa shape index (κ1) is 23.2. The van der Waals surface area contributed by atoms with Crippen molar-refractivity contribution < 1.29 is 31.1 Å². The number of anilines is 1. The van der Waals surface area contributed by atoms with E-state index in [1.165, 1.54) is 40.7 Å². The van der Waals surface area contributed by atoms with E-state index >= 15 is 0 Å². The Morgan fingerprint density at radius 2 is 1.74 bits per heavy atom. The van der Waals surface area contributed by atoms with Crippen molar-refractivity contribution in [3.63, 3.8) is 0 Å². The average molecular weight is 470 g/mol. The molecule has 0 aromatic heterocycles. The maximum atomic E-state index is 12.6. The molecule has 1 aliphatic rings. The lowest BCUT2D eigenvalue weighted by Gasteiger charge is -2.26. The summed E-state index contributed by atoms with van der Waals surface area (Å²) >= 11 is 0. The molecule has 0 atom stereocenters. The van der Waals surface area contributed by atoms with Crippen LogP contribution in [0.4, 0.5) is 5.69 Å². The fraction of sp³-hybridized carbons (Fsp3) is 0.316. The summed E-state index contributed by atoms with van der Waals surface area (Å²) < 4.78 is 60.3. The molecule has 168 valence electrons. The number of rotatable bonds is 7. The van der Waals surface area contributed by atoms with Crippen LogP contribution in [-0.2, 0) is 29.6 Å². The van der Waals surface area contributed by atoms with Gasteiger partial charge in [0.15, 0.2) is 6.61 Å². The number of hydrogen-bond acceptors (Lipinski definition) is 7.